The summed E-state index contributed by atoms with van der Waals surface area (Å²) in [5.74, 6) is -3.10. The maximum atomic E-state index is 13.6. The van der Waals surface area contributed by atoms with E-state index < -0.39 is 17.8 Å². The van der Waals surface area contributed by atoms with Crippen molar-refractivity contribution in [1.82, 2.24) is 19.9 Å². The first-order valence-corrected chi connectivity index (χ1v) is 12.2. The van der Waals surface area contributed by atoms with Gasteiger partial charge in [-0.05, 0) is 69.3 Å². The van der Waals surface area contributed by atoms with E-state index in [1.54, 1.807) is 12.3 Å². The van der Waals surface area contributed by atoms with Gasteiger partial charge in [0.1, 0.15) is 12.1 Å². The molecule has 34 heavy (non-hydrogen) atoms. The summed E-state index contributed by atoms with van der Waals surface area (Å²) in [7, 11) is 0. The van der Waals surface area contributed by atoms with Gasteiger partial charge >= 0.3 is 5.97 Å². The SMILES string of the molecule is O=C(O)[C@H](CCN(CCCCc1ccc2c(n1)NCCC2)C1CC(F)(F)C1)Cc1ccncn1. The Kier molecular flexibility index (Phi) is 8.03. The number of rotatable bonds is 12. The molecule has 2 aromatic heterocycles. The number of carboxylic acid groups (broad SMARTS) is 1. The Morgan fingerprint density at radius 1 is 1.21 bits per heavy atom. The maximum Gasteiger partial charge on any atom is 0.306 e. The molecule has 7 nitrogen and oxygen atoms in total. The van der Waals surface area contributed by atoms with Crippen molar-refractivity contribution in [3.8, 4) is 0 Å². The van der Waals surface area contributed by atoms with Crippen LogP contribution in [-0.2, 0) is 24.1 Å². The van der Waals surface area contributed by atoms with Crippen LogP contribution < -0.4 is 5.32 Å². The summed E-state index contributed by atoms with van der Waals surface area (Å²) >= 11 is 0. The van der Waals surface area contributed by atoms with Gasteiger partial charge in [-0.2, -0.15) is 0 Å². The fourth-order valence-electron chi connectivity index (χ4n) is 4.82. The third-order valence-corrected chi connectivity index (χ3v) is 6.88. The average Bonchev–Trinajstić information content (AvgIpc) is 2.81. The zero-order valence-corrected chi connectivity index (χ0v) is 19.4. The molecule has 0 spiro atoms. The molecule has 0 radical (unpaired) electrons. The Bertz CT molecular complexity index is 952. The lowest BCUT2D eigenvalue weighted by atomic mass is 9.86. The predicted octanol–water partition coefficient (Wildman–Crippen LogP) is 3.99. The van der Waals surface area contributed by atoms with Crippen LogP contribution >= 0.6 is 0 Å². The van der Waals surface area contributed by atoms with E-state index in [4.69, 9.17) is 4.98 Å². The Labute approximate surface area is 199 Å². The van der Waals surface area contributed by atoms with Crippen molar-refractivity contribution in [2.45, 2.75) is 69.8 Å². The van der Waals surface area contributed by atoms with Crippen LogP contribution in [0.1, 0.15) is 55.5 Å². The fourth-order valence-corrected chi connectivity index (χ4v) is 4.82. The third kappa shape index (κ3) is 6.68. The number of aryl methyl sites for hydroxylation is 2. The van der Waals surface area contributed by atoms with E-state index in [0.717, 1.165) is 50.2 Å². The standard InChI is InChI=1S/C25H33F2N5O2/c26-25(27)15-22(16-25)32(13-9-19(24(33)34)14-21-8-11-28-17-30-21)12-2-1-5-20-7-6-18-4-3-10-29-23(18)31-20/h6-8,11,17,19,22H,1-5,9-10,12-16H2,(H,29,31)(H,33,34)/t19-/m1/s1. The molecule has 1 atom stereocenters. The molecule has 0 saturated heterocycles. The predicted molar refractivity (Wildman–Crippen MR) is 125 cm³/mol. The summed E-state index contributed by atoms with van der Waals surface area (Å²) in [6, 6.07) is 5.76. The maximum absolute atomic E-state index is 13.6. The second-order valence-corrected chi connectivity index (χ2v) is 9.48. The fraction of sp³-hybridized carbons (Fsp3) is 0.600. The highest BCUT2D eigenvalue weighted by Crippen LogP contribution is 2.40. The minimum Gasteiger partial charge on any atom is -0.481 e. The second-order valence-electron chi connectivity index (χ2n) is 9.48. The number of anilines is 1. The zero-order valence-electron chi connectivity index (χ0n) is 19.4. The van der Waals surface area contributed by atoms with Crippen LogP contribution in [0.5, 0.6) is 0 Å². The number of hydrogen-bond acceptors (Lipinski definition) is 6. The number of fused-ring (bicyclic) bond motifs is 1. The zero-order chi connectivity index (χ0) is 24.0. The van der Waals surface area contributed by atoms with Crippen LogP contribution in [-0.4, -0.2) is 62.5 Å². The van der Waals surface area contributed by atoms with Crippen molar-refractivity contribution in [3.05, 3.63) is 47.7 Å². The number of aromatic nitrogens is 3. The lowest BCUT2D eigenvalue weighted by molar-refractivity contribution is -0.143. The number of carboxylic acids is 1. The second kappa shape index (κ2) is 11.2. The molecule has 9 heteroatoms. The van der Waals surface area contributed by atoms with Gasteiger partial charge in [0.15, 0.2) is 0 Å². The van der Waals surface area contributed by atoms with Gasteiger partial charge in [-0.3, -0.25) is 9.69 Å². The van der Waals surface area contributed by atoms with E-state index in [9.17, 15) is 18.7 Å². The summed E-state index contributed by atoms with van der Waals surface area (Å²) in [6.45, 7) is 2.13. The van der Waals surface area contributed by atoms with Gasteiger partial charge in [-0.25, -0.2) is 23.7 Å². The van der Waals surface area contributed by atoms with Crippen molar-refractivity contribution >= 4 is 11.8 Å². The van der Waals surface area contributed by atoms with E-state index in [-0.39, 0.29) is 18.9 Å². The number of aliphatic carboxylic acids is 1. The van der Waals surface area contributed by atoms with Gasteiger partial charge in [-0.15, -0.1) is 0 Å². The molecular formula is C25H33F2N5O2. The molecular weight excluding hydrogens is 440 g/mol. The first-order valence-electron chi connectivity index (χ1n) is 12.2. The number of unbranched alkanes of at least 4 members (excludes halogenated alkanes) is 1. The van der Waals surface area contributed by atoms with Gasteiger partial charge in [0.05, 0.1) is 5.92 Å². The van der Waals surface area contributed by atoms with Gasteiger partial charge in [0, 0.05) is 49.4 Å². The largest absolute Gasteiger partial charge is 0.481 e. The first kappa shape index (κ1) is 24.4. The molecule has 0 amide bonds. The lowest BCUT2D eigenvalue weighted by Gasteiger charge is -2.43. The summed E-state index contributed by atoms with van der Waals surface area (Å²) in [6.07, 6.45) is 8.23. The van der Waals surface area contributed by atoms with Crippen molar-refractivity contribution in [2.24, 2.45) is 5.92 Å². The molecule has 2 aromatic rings. The Balaban J connectivity index is 1.28. The van der Waals surface area contributed by atoms with Crippen LogP contribution in [0, 0.1) is 5.92 Å². The number of pyridine rings is 1. The molecule has 184 valence electrons. The topological polar surface area (TPSA) is 91.2 Å². The number of alkyl halides is 2. The number of nitrogens with one attached hydrogen (secondary N) is 1. The Morgan fingerprint density at radius 2 is 2.06 bits per heavy atom. The summed E-state index contributed by atoms with van der Waals surface area (Å²) in [5.41, 5.74) is 2.99. The van der Waals surface area contributed by atoms with E-state index in [2.05, 4.69) is 32.3 Å². The summed E-state index contributed by atoms with van der Waals surface area (Å²) in [4.78, 5) is 26.6. The van der Waals surface area contributed by atoms with Gasteiger partial charge in [0.25, 0.3) is 5.92 Å². The first-order chi connectivity index (χ1) is 16.4. The van der Waals surface area contributed by atoms with Crippen LogP contribution in [0.3, 0.4) is 0 Å². The lowest BCUT2D eigenvalue weighted by Crippen LogP contribution is -2.51. The van der Waals surface area contributed by atoms with E-state index >= 15 is 0 Å². The Morgan fingerprint density at radius 3 is 2.79 bits per heavy atom. The quantitative estimate of drug-likeness (QED) is 0.451. The normalized spacial score (nSPS) is 18.1. The molecule has 3 heterocycles. The molecule has 0 bridgehead atoms. The van der Waals surface area contributed by atoms with Gasteiger partial charge in [0.2, 0.25) is 0 Å². The van der Waals surface area contributed by atoms with Crippen molar-refractivity contribution in [2.75, 3.05) is 25.0 Å². The average molecular weight is 474 g/mol. The number of nitrogens with zero attached hydrogens (tertiary/aromatic N) is 4. The van der Waals surface area contributed by atoms with E-state index in [1.807, 2.05) is 0 Å². The van der Waals surface area contributed by atoms with Crippen LogP contribution in [0.2, 0.25) is 0 Å². The molecule has 1 fully saturated rings. The summed E-state index contributed by atoms with van der Waals surface area (Å²) < 4.78 is 27.1. The molecule has 2 aliphatic rings. The van der Waals surface area contributed by atoms with Gasteiger partial charge < -0.3 is 10.4 Å². The molecule has 1 saturated carbocycles. The minimum atomic E-state index is -2.60. The molecule has 0 unspecified atom stereocenters. The smallest absolute Gasteiger partial charge is 0.306 e. The molecule has 4 rings (SSSR count). The van der Waals surface area contributed by atoms with Gasteiger partial charge in [-0.1, -0.05) is 6.07 Å². The highest BCUT2D eigenvalue weighted by molar-refractivity contribution is 5.70. The van der Waals surface area contributed by atoms with Crippen molar-refractivity contribution in [1.29, 1.82) is 0 Å². The summed E-state index contributed by atoms with van der Waals surface area (Å²) in [5, 5.41) is 13.0. The number of carbonyl (C=O) groups is 1. The van der Waals surface area contributed by atoms with E-state index in [0.29, 0.717) is 31.6 Å². The van der Waals surface area contributed by atoms with Crippen LogP contribution in [0.15, 0.2) is 30.7 Å². The van der Waals surface area contributed by atoms with E-state index in [1.165, 1.54) is 11.9 Å². The van der Waals surface area contributed by atoms with Crippen molar-refractivity contribution < 1.29 is 18.7 Å². The molecule has 1 aliphatic heterocycles. The molecule has 1 aliphatic carbocycles. The van der Waals surface area contributed by atoms with Crippen LogP contribution in [0.25, 0.3) is 0 Å². The highest BCUT2D eigenvalue weighted by atomic mass is 19.3. The van der Waals surface area contributed by atoms with Crippen molar-refractivity contribution in [3.63, 3.8) is 0 Å². The number of halogens is 2. The molecule has 2 N–H and O–H groups in total. The van der Waals surface area contributed by atoms with Crippen LogP contribution in [0.4, 0.5) is 14.6 Å². The monoisotopic (exact) mass is 473 g/mol. The Hall–Kier alpha value is -2.68. The highest BCUT2D eigenvalue weighted by Gasteiger charge is 2.47. The molecule has 0 aromatic carbocycles. The third-order valence-electron chi connectivity index (χ3n) is 6.88. The minimum absolute atomic E-state index is 0.144. The number of hydrogen-bond donors (Lipinski definition) is 2.